The van der Waals surface area contributed by atoms with Gasteiger partial charge in [0.25, 0.3) is 0 Å². The van der Waals surface area contributed by atoms with E-state index in [0.717, 1.165) is 5.69 Å². The first kappa shape index (κ1) is 8.70. The van der Waals surface area contributed by atoms with Gasteiger partial charge in [-0.05, 0) is 4.92 Å². The van der Waals surface area contributed by atoms with Crippen LogP contribution in [0.1, 0.15) is 25.5 Å². The predicted octanol–water partition coefficient (Wildman–Crippen LogP) is 1.45. The molecule has 0 fully saturated rings. The minimum absolute atomic E-state index is 0.0984. The minimum atomic E-state index is -0.480. The minimum Gasteiger partial charge on any atom is -0.390 e. The Morgan fingerprint density at radius 1 is 1.67 bits per heavy atom. The Morgan fingerprint density at radius 3 is 2.50 bits per heavy atom. The topological polar surface area (TPSA) is 61.0 Å². The molecule has 0 aliphatic carbocycles. The summed E-state index contributed by atoms with van der Waals surface area (Å²) in [5.41, 5.74) is 0.877. The van der Waals surface area contributed by atoms with Crippen LogP contribution in [0.2, 0.25) is 0 Å². The summed E-state index contributed by atoms with van der Waals surface area (Å²) >= 11 is 0. The molecule has 0 radical (unpaired) electrons. The van der Waals surface area contributed by atoms with Crippen molar-refractivity contribution in [3.05, 3.63) is 22.0 Å². The molecule has 1 heterocycles. The van der Waals surface area contributed by atoms with Gasteiger partial charge in [-0.3, -0.25) is 0 Å². The van der Waals surface area contributed by atoms with Crippen LogP contribution in [-0.4, -0.2) is 14.5 Å². The highest BCUT2D eigenvalue weighted by Gasteiger charge is 2.18. The SMILES string of the molecule is CC(C)c1cnc([N+](=O)[O-])n1C. The largest absolute Gasteiger partial charge is 0.434 e. The monoisotopic (exact) mass is 169 g/mol. The Hall–Kier alpha value is -1.39. The summed E-state index contributed by atoms with van der Waals surface area (Å²) in [7, 11) is 1.65. The normalized spacial score (nSPS) is 10.7. The molecule has 0 unspecified atom stereocenters. The molecule has 5 heteroatoms. The number of hydrogen-bond acceptors (Lipinski definition) is 3. The molecule has 0 amide bonds. The average molecular weight is 169 g/mol. The van der Waals surface area contributed by atoms with Crippen LogP contribution >= 0.6 is 0 Å². The molecule has 0 saturated carbocycles. The van der Waals surface area contributed by atoms with Crippen LogP contribution in [0.25, 0.3) is 0 Å². The van der Waals surface area contributed by atoms with Gasteiger partial charge in [0.1, 0.15) is 11.9 Å². The molecule has 0 spiro atoms. The third-order valence-corrected chi connectivity index (χ3v) is 1.75. The van der Waals surface area contributed by atoms with Crippen LogP contribution in [0, 0.1) is 10.1 Å². The first-order valence-corrected chi connectivity index (χ1v) is 3.70. The number of imidazole rings is 1. The second kappa shape index (κ2) is 2.92. The maximum atomic E-state index is 10.4. The second-order valence-electron chi connectivity index (χ2n) is 2.95. The molecule has 0 aromatic carbocycles. The fourth-order valence-corrected chi connectivity index (χ4v) is 1.12. The molecule has 0 aliphatic heterocycles. The van der Waals surface area contributed by atoms with Gasteiger partial charge in [-0.2, -0.15) is 0 Å². The van der Waals surface area contributed by atoms with Crippen molar-refractivity contribution in [2.75, 3.05) is 0 Å². The van der Waals surface area contributed by atoms with Gasteiger partial charge in [0.05, 0.1) is 7.05 Å². The Kier molecular flexibility index (Phi) is 2.12. The van der Waals surface area contributed by atoms with E-state index in [1.54, 1.807) is 13.2 Å². The van der Waals surface area contributed by atoms with E-state index in [9.17, 15) is 10.1 Å². The van der Waals surface area contributed by atoms with Crippen molar-refractivity contribution in [2.45, 2.75) is 19.8 Å². The highest BCUT2D eigenvalue weighted by molar-refractivity contribution is 5.16. The molecule has 5 nitrogen and oxygen atoms in total. The van der Waals surface area contributed by atoms with E-state index in [1.165, 1.54) is 4.57 Å². The van der Waals surface area contributed by atoms with Gasteiger partial charge in [-0.1, -0.05) is 18.8 Å². The summed E-state index contributed by atoms with van der Waals surface area (Å²) in [6, 6.07) is 0. The Morgan fingerprint density at radius 2 is 2.25 bits per heavy atom. The van der Waals surface area contributed by atoms with Gasteiger partial charge >= 0.3 is 5.95 Å². The Balaban J connectivity index is 3.13. The smallest absolute Gasteiger partial charge is 0.390 e. The van der Waals surface area contributed by atoms with Gasteiger partial charge in [0.2, 0.25) is 0 Å². The summed E-state index contributed by atoms with van der Waals surface area (Å²) in [6.07, 6.45) is 1.54. The van der Waals surface area contributed by atoms with Crippen LogP contribution in [0.4, 0.5) is 5.95 Å². The van der Waals surface area contributed by atoms with Crippen molar-refractivity contribution in [3.8, 4) is 0 Å². The lowest BCUT2D eigenvalue weighted by Crippen LogP contribution is -2.02. The maximum Gasteiger partial charge on any atom is 0.434 e. The van der Waals surface area contributed by atoms with E-state index < -0.39 is 4.92 Å². The fraction of sp³-hybridized carbons (Fsp3) is 0.571. The predicted molar refractivity (Wildman–Crippen MR) is 44.0 cm³/mol. The van der Waals surface area contributed by atoms with Crippen molar-refractivity contribution in [2.24, 2.45) is 7.05 Å². The molecule has 1 aromatic heterocycles. The molecule has 0 bridgehead atoms. The van der Waals surface area contributed by atoms with E-state index >= 15 is 0 Å². The van der Waals surface area contributed by atoms with Gasteiger partial charge in [0.15, 0.2) is 0 Å². The van der Waals surface area contributed by atoms with Gasteiger partial charge < -0.3 is 10.1 Å². The average Bonchev–Trinajstić information content (AvgIpc) is 2.30. The van der Waals surface area contributed by atoms with Crippen LogP contribution < -0.4 is 0 Å². The van der Waals surface area contributed by atoms with E-state index in [-0.39, 0.29) is 11.9 Å². The zero-order valence-corrected chi connectivity index (χ0v) is 7.31. The van der Waals surface area contributed by atoms with E-state index in [2.05, 4.69) is 4.98 Å². The van der Waals surface area contributed by atoms with Gasteiger partial charge in [-0.25, -0.2) is 4.57 Å². The molecule has 1 aromatic rings. The fourth-order valence-electron chi connectivity index (χ4n) is 1.12. The Labute approximate surface area is 70.2 Å². The number of aromatic nitrogens is 2. The molecule has 0 aliphatic rings. The first-order valence-electron chi connectivity index (χ1n) is 3.70. The summed E-state index contributed by atoms with van der Waals surface area (Å²) in [4.78, 5) is 13.6. The molecule has 1 rings (SSSR count). The highest BCUT2D eigenvalue weighted by atomic mass is 16.6. The summed E-state index contributed by atoms with van der Waals surface area (Å²) < 4.78 is 1.50. The Bertz CT molecular complexity index is 304. The van der Waals surface area contributed by atoms with Crippen molar-refractivity contribution in [1.29, 1.82) is 0 Å². The van der Waals surface area contributed by atoms with Crippen LogP contribution in [0.15, 0.2) is 6.20 Å². The van der Waals surface area contributed by atoms with Gasteiger partial charge in [-0.15, -0.1) is 0 Å². The van der Waals surface area contributed by atoms with Crippen LogP contribution in [-0.2, 0) is 7.05 Å². The molecule has 12 heavy (non-hydrogen) atoms. The lowest BCUT2D eigenvalue weighted by molar-refractivity contribution is -0.396. The lowest BCUT2D eigenvalue weighted by atomic mass is 10.1. The molecule has 66 valence electrons. The van der Waals surface area contributed by atoms with E-state index in [4.69, 9.17) is 0 Å². The number of hydrogen-bond donors (Lipinski definition) is 0. The third-order valence-electron chi connectivity index (χ3n) is 1.75. The number of rotatable bonds is 2. The lowest BCUT2D eigenvalue weighted by Gasteiger charge is -2.01. The van der Waals surface area contributed by atoms with Crippen LogP contribution in [0.3, 0.4) is 0 Å². The van der Waals surface area contributed by atoms with Crippen molar-refractivity contribution in [1.82, 2.24) is 9.55 Å². The summed E-state index contributed by atoms with van der Waals surface area (Å²) in [6.45, 7) is 3.95. The summed E-state index contributed by atoms with van der Waals surface area (Å²) in [5.74, 6) is 0.162. The van der Waals surface area contributed by atoms with E-state index in [1.807, 2.05) is 13.8 Å². The molecule has 0 saturated heterocycles. The second-order valence-corrected chi connectivity index (χ2v) is 2.95. The molecule has 0 atom stereocenters. The zero-order valence-electron chi connectivity index (χ0n) is 7.31. The summed E-state index contributed by atoms with van der Waals surface area (Å²) in [5, 5.41) is 10.4. The van der Waals surface area contributed by atoms with Crippen molar-refractivity contribution < 1.29 is 4.92 Å². The van der Waals surface area contributed by atoms with E-state index in [0.29, 0.717) is 0 Å². The zero-order chi connectivity index (χ0) is 9.30. The number of nitro groups is 1. The number of nitrogens with zero attached hydrogens (tertiary/aromatic N) is 3. The molecule has 0 N–H and O–H groups in total. The van der Waals surface area contributed by atoms with Crippen molar-refractivity contribution in [3.63, 3.8) is 0 Å². The standard InChI is InChI=1S/C7H11N3O2/c1-5(2)6-4-8-7(9(6)3)10(11)12/h4-5H,1-3H3. The highest BCUT2D eigenvalue weighted by Crippen LogP contribution is 2.18. The first-order chi connectivity index (χ1) is 5.54. The third kappa shape index (κ3) is 1.30. The van der Waals surface area contributed by atoms with Crippen molar-refractivity contribution >= 4 is 5.95 Å². The van der Waals surface area contributed by atoms with Crippen LogP contribution in [0.5, 0.6) is 0 Å². The maximum absolute atomic E-state index is 10.4. The molecular weight excluding hydrogens is 158 g/mol. The molecular formula is C7H11N3O2. The van der Waals surface area contributed by atoms with Gasteiger partial charge in [0, 0.05) is 5.92 Å². The quantitative estimate of drug-likeness (QED) is 0.497.